The van der Waals surface area contributed by atoms with Crippen molar-refractivity contribution in [2.24, 2.45) is 0 Å². The van der Waals surface area contributed by atoms with Gasteiger partial charge in [0.05, 0.1) is 17.5 Å². The number of nitrogens with one attached hydrogen (secondary N) is 1. The van der Waals surface area contributed by atoms with Crippen LogP contribution in [0.25, 0.3) is 11.5 Å². The van der Waals surface area contributed by atoms with E-state index >= 15 is 0 Å². The van der Waals surface area contributed by atoms with Gasteiger partial charge in [-0.1, -0.05) is 48.5 Å². The van der Waals surface area contributed by atoms with E-state index in [1.165, 1.54) is 12.8 Å². The lowest BCUT2D eigenvalue weighted by molar-refractivity contribution is -0.119. The SMILES string of the molecule is O=C(CSCc1coc(-c2ccccc2)n1)NC(CN1CCCC1)c1ccccc1. The van der Waals surface area contributed by atoms with Crippen molar-refractivity contribution in [3.05, 3.63) is 78.2 Å². The Labute approximate surface area is 181 Å². The number of carbonyl (C=O) groups excluding carboxylic acids is 1. The Bertz CT molecular complexity index is 924. The van der Waals surface area contributed by atoms with Gasteiger partial charge < -0.3 is 14.6 Å². The van der Waals surface area contributed by atoms with Crippen LogP contribution in [-0.2, 0) is 10.5 Å². The van der Waals surface area contributed by atoms with E-state index in [0.29, 0.717) is 17.4 Å². The van der Waals surface area contributed by atoms with E-state index in [0.717, 1.165) is 36.5 Å². The quantitative estimate of drug-likeness (QED) is 0.550. The minimum atomic E-state index is 0.0223. The van der Waals surface area contributed by atoms with E-state index in [1.807, 2.05) is 48.5 Å². The Morgan fingerprint density at radius 1 is 1.07 bits per heavy atom. The van der Waals surface area contributed by atoms with Gasteiger partial charge in [0, 0.05) is 17.9 Å². The third-order valence-corrected chi connectivity index (χ3v) is 6.20. The van der Waals surface area contributed by atoms with Gasteiger partial charge in [-0.15, -0.1) is 11.8 Å². The molecule has 4 rings (SSSR count). The molecule has 5 nitrogen and oxygen atoms in total. The molecule has 6 heteroatoms. The van der Waals surface area contributed by atoms with Gasteiger partial charge in [0.25, 0.3) is 0 Å². The maximum atomic E-state index is 12.6. The van der Waals surface area contributed by atoms with Crippen molar-refractivity contribution in [2.75, 3.05) is 25.4 Å². The van der Waals surface area contributed by atoms with Crippen LogP contribution >= 0.6 is 11.8 Å². The second-order valence-corrected chi connectivity index (χ2v) is 8.53. The fraction of sp³-hybridized carbons (Fsp3) is 0.333. The summed E-state index contributed by atoms with van der Waals surface area (Å²) in [5.74, 6) is 1.72. The van der Waals surface area contributed by atoms with Crippen LogP contribution in [0.1, 0.15) is 30.1 Å². The van der Waals surface area contributed by atoms with Crippen LogP contribution in [-0.4, -0.2) is 41.2 Å². The number of aromatic nitrogens is 1. The predicted octanol–water partition coefficient (Wildman–Crippen LogP) is 4.53. The first kappa shape index (κ1) is 20.7. The van der Waals surface area contributed by atoms with Crippen LogP contribution in [0, 0.1) is 0 Å². The van der Waals surface area contributed by atoms with Gasteiger partial charge in [0.15, 0.2) is 0 Å². The third-order valence-electron chi connectivity index (χ3n) is 5.23. The second kappa shape index (κ2) is 10.5. The van der Waals surface area contributed by atoms with Gasteiger partial charge >= 0.3 is 0 Å². The molecule has 1 fully saturated rings. The summed E-state index contributed by atoms with van der Waals surface area (Å²) < 4.78 is 5.57. The van der Waals surface area contributed by atoms with Gasteiger partial charge in [0.2, 0.25) is 11.8 Å². The molecule has 1 aliphatic heterocycles. The molecular formula is C24H27N3O2S. The van der Waals surface area contributed by atoms with Gasteiger partial charge in [0.1, 0.15) is 6.26 Å². The Balaban J connectivity index is 1.29. The number of oxazole rings is 1. The van der Waals surface area contributed by atoms with E-state index < -0.39 is 0 Å². The first-order chi connectivity index (χ1) is 14.8. The standard InChI is InChI=1S/C24H27N3O2S/c28-23(18-30-17-21-16-29-24(25-21)20-11-5-2-6-12-20)26-22(15-27-13-7-8-14-27)19-9-3-1-4-10-19/h1-6,9-12,16,22H,7-8,13-15,17-18H2,(H,26,28). The van der Waals surface area contributed by atoms with Crippen molar-refractivity contribution in [1.82, 2.24) is 15.2 Å². The van der Waals surface area contributed by atoms with Gasteiger partial charge in [-0.05, 0) is 43.6 Å². The number of thioether (sulfide) groups is 1. The largest absolute Gasteiger partial charge is 0.444 e. The lowest BCUT2D eigenvalue weighted by Crippen LogP contribution is -2.37. The fourth-order valence-electron chi connectivity index (χ4n) is 3.71. The molecule has 0 radical (unpaired) electrons. The third kappa shape index (κ3) is 5.74. The molecule has 0 spiro atoms. The first-order valence-corrected chi connectivity index (χ1v) is 11.6. The molecule has 1 saturated heterocycles. The number of rotatable bonds is 9. The summed E-state index contributed by atoms with van der Waals surface area (Å²) in [6.45, 7) is 3.10. The highest BCUT2D eigenvalue weighted by atomic mass is 32.2. The molecule has 3 aromatic rings. The molecule has 156 valence electrons. The Kier molecular flexibility index (Phi) is 7.21. The molecule has 1 amide bonds. The van der Waals surface area contributed by atoms with Gasteiger partial charge in [-0.3, -0.25) is 4.79 Å². The highest BCUT2D eigenvalue weighted by molar-refractivity contribution is 7.99. The molecule has 1 N–H and O–H groups in total. The van der Waals surface area contributed by atoms with Crippen molar-refractivity contribution in [3.63, 3.8) is 0 Å². The molecule has 30 heavy (non-hydrogen) atoms. The number of benzene rings is 2. The van der Waals surface area contributed by atoms with Crippen LogP contribution in [0.4, 0.5) is 0 Å². The van der Waals surface area contributed by atoms with Crippen LogP contribution in [0.5, 0.6) is 0 Å². The lowest BCUT2D eigenvalue weighted by atomic mass is 10.1. The summed E-state index contributed by atoms with van der Waals surface area (Å²) in [5.41, 5.74) is 2.97. The molecule has 0 saturated carbocycles. The molecule has 0 aliphatic carbocycles. The summed E-state index contributed by atoms with van der Waals surface area (Å²) in [6, 6.07) is 20.1. The number of carbonyl (C=O) groups is 1. The van der Waals surface area contributed by atoms with Crippen LogP contribution < -0.4 is 5.32 Å². The molecule has 2 heterocycles. The minimum Gasteiger partial charge on any atom is -0.444 e. The van der Waals surface area contributed by atoms with Crippen LogP contribution in [0.2, 0.25) is 0 Å². The van der Waals surface area contributed by atoms with Crippen molar-refractivity contribution >= 4 is 17.7 Å². The number of likely N-dealkylation sites (tertiary alicyclic amines) is 1. The molecule has 2 aromatic carbocycles. The summed E-state index contributed by atoms with van der Waals surface area (Å²) in [4.78, 5) is 19.6. The van der Waals surface area contributed by atoms with Crippen molar-refractivity contribution in [1.29, 1.82) is 0 Å². The highest BCUT2D eigenvalue weighted by Gasteiger charge is 2.20. The maximum absolute atomic E-state index is 12.6. The Morgan fingerprint density at radius 3 is 2.50 bits per heavy atom. The minimum absolute atomic E-state index is 0.0223. The van der Waals surface area contributed by atoms with Crippen LogP contribution in [0.15, 0.2) is 71.3 Å². The van der Waals surface area contributed by atoms with E-state index in [-0.39, 0.29) is 11.9 Å². The van der Waals surface area contributed by atoms with E-state index in [9.17, 15) is 4.79 Å². The number of amides is 1. The zero-order chi connectivity index (χ0) is 20.6. The zero-order valence-electron chi connectivity index (χ0n) is 17.0. The van der Waals surface area contributed by atoms with Crippen molar-refractivity contribution < 1.29 is 9.21 Å². The molecule has 0 bridgehead atoms. The molecule has 1 unspecified atom stereocenters. The molecule has 1 aliphatic rings. The van der Waals surface area contributed by atoms with Crippen molar-refractivity contribution in [2.45, 2.75) is 24.6 Å². The summed E-state index contributed by atoms with van der Waals surface area (Å²) in [7, 11) is 0. The summed E-state index contributed by atoms with van der Waals surface area (Å²) in [5, 5.41) is 3.23. The average Bonchev–Trinajstić information content (AvgIpc) is 3.47. The second-order valence-electron chi connectivity index (χ2n) is 7.54. The predicted molar refractivity (Wildman–Crippen MR) is 121 cm³/mol. The topological polar surface area (TPSA) is 58.4 Å². The van der Waals surface area contributed by atoms with E-state index in [4.69, 9.17) is 4.42 Å². The number of hydrogen-bond acceptors (Lipinski definition) is 5. The van der Waals surface area contributed by atoms with Crippen LogP contribution in [0.3, 0.4) is 0 Å². The Morgan fingerprint density at radius 2 is 1.77 bits per heavy atom. The first-order valence-electron chi connectivity index (χ1n) is 10.4. The van der Waals surface area contributed by atoms with E-state index in [2.05, 4.69) is 27.3 Å². The number of hydrogen-bond donors (Lipinski definition) is 1. The smallest absolute Gasteiger partial charge is 0.230 e. The maximum Gasteiger partial charge on any atom is 0.230 e. The molecule has 1 atom stereocenters. The summed E-state index contributed by atoms with van der Waals surface area (Å²) >= 11 is 1.55. The van der Waals surface area contributed by atoms with Crippen molar-refractivity contribution in [3.8, 4) is 11.5 Å². The zero-order valence-corrected chi connectivity index (χ0v) is 17.8. The fourth-order valence-corrected chi connectivity index (χ4v) is 4.43. The summed E-state index contributed by atoms with van der Waals surface area (Å²) in [6.07, 6.45) is 4.16. The van der Waals surface area contributed by atoms with E-state index in [1.54, 1.807) is 18.0 Å². The monoisotopic (exact) mass is 421 g/mol. The Hall–Kier alpha value is -2.57. The number of nitrogens with zero attached hydrogens (tertiary/aromatic N) is 2. The molecular weight excluding hydrogens is 394 g/mol. The average molecular weight is 422 g/mol. The van der Waals surface area contributed by atoms with Gasteiger partial charge in [-0.2, -0.15) is 0 Å². The van der Waals surface area contributed by atoms with Gasteiger partial charge in [-0.25, -0.2) is 4.98 Å². The lowest BCUT2D eigenvalue weighted by Gasteiger charge is -2.25. The molecule has 1 aromatic heterocycles. The highest BCUT2D eigenvalue weighted by Crippen LogP contribution is 2.21. The normalized spacial score (nSPS) is 15.2.